The third-order valence-electron chi connectivity index (χ3n) is 3.33. The minimum atomic E-state index is 0.385. The SMILES string of the molecule is CC1Cc2ccccc2N1c1nccc(CN)n1. The molecule has 1 aromatic carbocycles. The molecule has 2 N–H and O–H groups in total. The number of aromatic nitrogens is 2. The van der Waals surface area contributed by atoms with E-state index >= 15 is 0 Å². The summed E-state index contributed by atoms with van der Waals surface area (Å²) in [6.45, 7) is 2.64. The maximum Gasteiger partial charge on any atom is 0.230 e. The minimum Gasteiger partial charge on any atom is -0.325 e. The van der Waals surface area contributed by atoms with E-state index in [1.807, 2.05) is 6.07 Å². The highest BCUT2D eigenvalue weighted by Gasteiger charge is 2.28. The zero-order valence-corrected chi connectivity index (χ0v) is 10.4. The maximum absolute atomic E-state index is 5.64. The Morgan fingerprint density at radius 2 is 2.17 bits per heavy atom. The first kappa shape index (κ1) is 11.2. The number of anilines is 2. The van der Waals surface area contributed by atoms with Gasteiger partial charge in [0.15, 0.2) is 0 Å². The molecule has 0 aliphatic carbocycles. The quantitative estimate of drug-likeness (QED) is 0.872. The van der Waals surface area contributed by atoms with Crippen molar-refractivity contribution in [3.05, 3.63) is 47.8 Å². The fraction of sp³-hybridized carbons (Fsp3) is 0.286. The Morgan fingerprint density at radius 1 is 1.33 bits per heavy atom. The summed E-state index contributed by atoms with van der Waals surface area (Å²) in [7, 11) is 0. The van der Waals surface area contributed by atoms with Crippen LogP contribution in [-0.2, 0) is 13.0 Å². The number of hydrogen-bond donors (Lipinski definition) is 1. The fourth-order valence-electron chi connectivity index (χ4n) is 2.48. The summed E-state index contributed by atoms with van der Waals surface area (Å²) >= 11 is 0. The molecule has 0 bridgehead atoms. The first-order valence-corrected chi connectivity index (χ1v) is 6.18. The second-order valence-electron chi connectivity index (χ2n) is 4.60. The number of rotatable bonds is 2. The molecule has 1 atom stereocenters. The summed E-state index contributed by atoms with van der Waals surface area (Å²) in [5.41, 5.74) is 9.07. The minimum absolute atomic E-state index is 0.385. The highest BCUT2D eigenvalue weighted by atomic mass is 15.3. The van der Waals surface area contributed by atoms with E-state index in [2.05, 4.69) is 46.1 Å². The summed E-state index contributed by atoms with van der Waals surface area (Å²) in [4.78, 5) is 11.1. The molecule has 1 aliphatic heterocycles. The first-order valence-electron chi connectivity index (χ1n) is 6.18. The molecular weight excluding hydrogens is 224 g/mol. The van der Waals surface area contributed by atoms with Crippen LogP contribution in [0.15, 0.2) is 36.5 Å². The molecule has 0 saturated carbocycles. The number of nitrogens with two attached hydrogens (primary N) is 1. The summed E-state index contributed by atoms with van der Waals surface area (Å²) in [6, 6.07) is 10.7. The van der Waals surface area contributed by atoms with Gasteiger partial charge in [0.25, 0.3) is 0 Å². The van der Waals surface area contributed by atoms with Gasteiger partial charge in [-0.2, -0.15) is 0 Å². The normalized spacial score (nSPS) is 17.9. The largest absolute Gasteiger partial charge is 0.325 e. The lowest BCUT2D eigenvalue weighted by Gasteiger charge is -2.22. The molecule has 1 unspecified atom stereocenters. The van der Waals surface area contributed by atoms with Gasteiger partial charge in [0.2, 0.25) is 5.95 Å². The average Bonchev–Trinajstić information content (AvgIpc) is 2.74. The van der Waals surface area contributed by atoms with Crippen LogP contribution in [-0.4, -0.2) is 16.0 Å². The Morgan fingerprint density at radius 3 is 3.00 bits per heavy atom. The molecular formula is C14H16N4. The molecule has 0 radical (unpaired) electrons. The van der Waals surface area contributed by atoms with E-state index in [9.17, 15) is 0 Å². The van der Waals surface area contributed by atoms with Crippen LogP contribution in [0, 0.1) is 0 Å². The maximum atomic E-state index is 5.64. The van der Waals surface area contributed by atoms with Crippen molar-refractivity contribution in [1.82, 2.24) is 9.97 Å². The van der Waals surface area contributed by atoms with Gasteiger partial charge < -0.3 is 10.6 Å². The molecule has 3 rings (SSSR count). The standard InChI is InChI=1S/C14H16N4/c1-10-8-11-4-2-3-5-13(11)18(10)14-16-7-6-12(9-15)17-14/h2-7,10H,8-9,15H2,1H3. The van der Waals surface area contributed by atoms with E-state index in [-0.39, 0.29) is 0 Å². The second-order valence-corrected chi connectivity index (χ2v) is 4.60. The number of nitrogens with zero attached hydrogens (tertiary/aromatic N) is 3. The molecule has 4 nitrogen and oxygen atoms in total. The lowest BCUT2D eigenvalue weighted by Crippen LogP contribution is -2.26. The molecule has 18 heavy (non-hydrogen) atoms. The summed E-state index contributed by atoms with van der Waals surface area (Å²) in [5, 5.41) is 0. The van der Waals surface area contributed by atoms with Gasteiger partial charge in [0.05, 0.1) is 5.69 Å². The molecule has 1 aromatic heterocycles. The van der Waals surface area contributed by atoms with Gasteiger partial charge >= 0.3 is 0 Å². The summed E-state index contributed by atoms with van der Waals surface area (Å²) in [6.07, 6.45) is 2.81. The predicted molar refractivity (Wildman–Crippen MR) is 71.7 cm³/mol. The van der Waals surface area contributed by atoms with Crippen LogP contribution in [0.1, 0.15) is 18.2 Å². The zero-order chi connectivity index (χ0) is 12.5. The fourth-order valence-corrected chi connectivity index (χ4v) is 2.48. The van der Waals surface area contributed by atoms with Gasteiger partial charge in [-0.3, -0.25) is 0 Å². The van der Waals surface area contributed by atoms with E-state index in [4.69, 9.17) is 5.73 Å². The van der Waals surface area contributed by atoms with Gasteiger partial charge in [-0.25, -0.2) is 9.97 Å². The van der Waals surface area contributed by atoms with Crippen LogP contribution in [0.25, 0.3) is 0 Å². The molecule has 0 fully saturated rings. The lowest BCUT2D eigenvalue weighted by molar-refractivity contribution is 0.735. The van der Waals surface area contributed by atoms with Crippen molar-refractivity contribution in [1.29, 1.82) is 0 Å². The van der Waals surface area contributed by atoms with Crippen molar-refractivity contribution in [2.45, 2.75) is 25.9 Å². The Hall–Kier alpha value is -1.94. The van der Waals surface area contributed by atoms with E-state index < -0.39 is 0 Å². The molecule has 92 valence electrons. The Kier molecular flexibility index (Phi) is 2.72. The van der Waals surface area contributed by atoms with Crippen LogP contribution >= 0.6 is 0 Å². The van der Waals surface area contributed by atoms with Crippen LogP contribution in [0.3, 0.4) is 0 Å². The molecule has 0 amide bonds. The smallest absolute Gasteiger partial charge is 0.230 e. The number of benzene rings is 1. The van der Waals surface area contributed by atoms with Crippen molar-refractivity contribution in [2.75, 3.05) is 4.90 Å². The van der Waals surface area contributed by atoms with Gasteiger partial charge in [0.1, 0.15) is 0 Å². The van der Waals surface area contributed by atoms with Crippen LogP contribution in [0.5, 0.6) is 0 Å². The Balaban J connectivity index is 2.06. The Labute approximate surface area is 106 Å². The monoisotopic (exact) mass is 240 g/mol. The van der Waals surface area contributed by atoms with Crippen molar-refractivity contribution >= 4 is 11.6 Å². The van der Waals surface area contributed by atoms with E-state index in [0.717, 1.165) is 18.1 Å². The van der Waals surface area contributed by atoms with Crippen molar-refractivity contribution < 1.29 is 0 Å². The predicted octanol–water partition coefficient (Wildman–Crippen LogP) is 2.02. The van der Waals surface area contributed by atoms with Gasteiger partial charge in [0, 0.05) is 24.5 Å². The number of fused-ring (bicyclic) bond motifs is 1. The van der Waals surface area contributed by atoms with E-state index in [1.165, 1.54) is 11.3 Å². The molecule has 1 aliphatic rings. The van der Waals surface area contributed by atoms with Crippen molar-refractivity contribution in [3.63, 3.8) is 0 Å². The highest BCUT2D eigenvalue weighted by molar-refractivity contribution is 5.66. The number of hydrogen-bond acceptors (Lipinski definition) is 4. The molecule has 0 saturated heterocycles. The van der Waals surface area contributed by atoms with Crippen LogP contribution < -0.4 is 10.6 Å². The lowest BCUT2D eigenvalue weighted by atomic mass is 10.1. The molecule has 0 spiro atoms. The van der Waals surface area contributed by atoms with E-state index in [0.29, 0.717) is 12.6 Å². The molecule has 2 aromatic rings. The van der Waals surface area contributed by atoms with Gasteiger partial charge in [-0.1, -0.05) is 18.2 Å². The van der Waals surface area contributed by atoms with Crippen molar-refractivity contribution in [3.8, 4) is 0 Å². The molecule has 2 heterocycles. The number of para-hydroxylation sites is 1. The first-order chi connectivity index (χ1) is 8.79. The van der Waals surface area contributed by atoms with Crippen molar-refractivity contribution in [2.24, 2.45) is 5.73 Å². The summed E-state index contributed by atoms with van der Waals surface area (Å²) < 4.78 is 0. The second kappa shape index (κ2) is 4.38. The van der Waals surface area contributed by atoms with Gasteiger partial charge in [-0.15, -0.1) is 0 Å². The van der Waals surface area contributed by atoms with E-state index in [1.54, 1.807) is 6.20 Å². The Bertz CT molecular complexity index is 567. The topological polar surface area (TPSA) is 55.0 Å². The third kappa shape index (κ3) is 1.75. The summed E-state index contributed by atoms with van der Waals surface area (Å²) in [5.74, 6) is 0.746. The molecule has 4 heteroatoms. The van der Waals surface area contributed by atoms with Gasteiger partial charge in [-0.05, 0) is 31.0 Å². The van der Waals surface area contributed by atoms with Crippen LogP contribution in [0.2, 0.25) is 0 Å². The average molecular weight is 240 g/mol. The third-order valence-corrected chi connectivity index (χ3v) is 3.33. The van der Waals surface area contributed by atoms with Crippen LogP contribution in [0.4, 0.5) is 11.6 Å². The zero-order valence-electron chi connectivity index (χ0n) is 10.4. The highest BCUT2D eigenvalue weighted by Crippen LogP contribution is 2.36.